The first-order valence-electron chi connectivity index (χ1n) is 9.55. The summed E-state index contributed by atoms with van der Waals surface area (Å²) in [4.78, 5) is 33.9. The van der Waals surface area contributed by atoms with Crippen LogP contribution in [0.25, 0.3) is 10.9 Å². The topological polar surface area (TPSA) is 92.6 Å². The first-order chi connectivity index (χ1) is 13.4. The average Bonchev–Trinajstić information content (AvgIpc) is 3.07. The van der Waals surface area contributed by atoms with Gasteiger partial charge in [-0.1, -0.05) is 12.1 Å². The Balaban J connectivity index is 1.44. The number of aromatic nitrogens is 2. The summed E-state index contributed by atoms with van der Waals surface area (Å²) in [6.45, 7) is 4.11. The number of hydrogen-bond donors (Lipinski definition) is 0. The number of hydrogen-bond acceptors (Lipinski definition) is 6. The van der Waals surface area contributed by atoms with Crippen LogP contribution in [0.15, 0.2) is 35.4 Å². The number of fused-ring (bicyclic) bond motifs is 1. The van der Waals surface area contributed by atoms with E-state index in [9.17, 15) is 18.0 Å². The third-order valence-corrected chi connectivity index (χ3v) is 7.57. The van der Waals surface area contributed by atoms with Crippen molar-refractivity contribution in [2.75, 3.05) is 37.7 Å². The molecule has 2 aliphatic heterocycles. The number of sulfone groups is 1. The van der Waals surface area contributed by atoms with Crippen LogP contribution in [0.2, 0.25) is 0 Å². The molecule has 8 nitrogen and oxygen atoms in total. The van der Waals surface area contributed by atoms with Gasteiger partial charge in [-0.3, -0.25) is 19.1 Å². The molecule has 0 aliphatic carbocycles. The van der Waals surface area contributed by atoms with Crippen LogP contribution in [-0.2, 0) is 14.6 Å². The normalized spacial score (nSPS) is 23.8. The smallest absolute Gasteiger partial charge is 0.261 e. The second-order valence-corrected chi connectivity index (χ2v) is 9.80. The SMILES string of the molecule is C[C@@H](C(=O)N1CCN([C@H]2CCS(=O)(=O)C2)CC1)n1cnc2ccccc2c1=O. The zero-order chi connectivity index (χ0) is 19.9. The Labute approximate surface area is 163 Å². The number of carbonyl (C=O) groups excluding carboxylic acids is 1. The Morgan fingerprint density at radius 3 is 2.57 bits per heavy atom. The third kappa shape index (κ3) is 3.56. The van der Waals surface area contributed by atoms with E-state index in [-0.39, 0.29) is 29.0 Å². The summed E-state index contributed by atoms with van der Waals surface area (Å²) in [6.07, 6.45) is 2.11. The van der Waals surface area contributed by atoms with Crippen molar-refractivity contribution in [3.63, 3.8) is 0 Å². The number of para-hydroxylation sites is 1. The Kier molecular flexibility index (Phi) is 4.96. The van der Waals surface area contributed by atoms with Crippen LogP contribution < -0.4 is 5.56 Å². The highest BCUT2D eigenvalue weighted by molar-refractivity contribution is 7.91. The zero-order valence-electron chi connectivity index (χ0n) is 15.8. The van der Waals surface area contributed by atoms with E-state index in [1.807, 2.05) is 6.07 Å². The molecule has 150 valence electrons. The molecule has 4 rings (SSSR count). The first-order valence-corrected chi connectivity index (χ1v) is 11.4. The van der Waals surface area contributed by atoms with Crippen LogP contribution in [0.3, 0.4) is 0 Å². The molecule has 1 amide bonds. The van der Waals surface area contributed by atoms with Gasteiger partial charge in [0.25, 0.3) is 5.56 Å². The van der Waals surface area contributed by atoms with Gasteiger partial charge < -0.3 is 4.90 Å². The van der Waals surface area contributed by atoms with Crippen molar-refractivity contribution in [2.24, 2.45) is 0 Å². The molecule has 0 bridgehead atoms. The summed E-state index contributed by atoms with van der Waals surface area (Å²) in [5.41, 5.74) is 0.393. The predicted molar refractivity (Wildman–Crippen MR) is 106 cm³/mol. The van der Waals surface area contributed by atoms with Crippen molar-refractivity contribution in [3.8, 4) is 0 Å². The van der Waals surface area contributed by atoms with Gasteiger partial charge in [-0.2, -0.15) is 0 Å². The maximum absolute atomic E-state index is 12.9. The van der Waals surface area contributed by atoms with E-state index in [1.54, 1.807) is 30.0 Å². The van der Waals surface area contributed by atoms with Crippen molar-refractivity contribution < 1.29 is 13.2 Å². The lowest BCUT2D eigenvalue weighted by atomic mass is 10.1. The minimum absolute atomic E-state index is 0.0620. The van der Waals surface area contributed by atoms with Gasteiger partial charge in [0, 0.05) is 32.2 Å². The van der Waals surface area contributed by atoms with E-state index in [2.05, 4.69) is 9.88 Å². The molecule has 28 heavy (non-hydrogen) atoms. The number of piperazine rings is 1. The van der Waals surface area contributed by atoms with Gasteiger partial charge in [0.1, 0.15) is 6.04 Å². The van der Waals surface area contributed by atoms with Crippen LogP contribution in [0.5, 0.6) is 0 Å². The average molecular weight is 404 g/mol. The van der Waals surface area contributed by atoms with Crippen molar-refractivity contribution >= 4 is 26.6 Å². The largest absolute Gasteiger partial charge is 0.338 e. The van der Waals surface area contributed by atoms with Crippen molar-refractivity contribution in [2.45, 2.75) is 25.4 Å². The van der Waals surface area contributed by atoms with Gasteiger partial charge in [0.15, 0.2) is 9.84 Å². The maximum atomic E-state index is 12.9. The second kappa shape index (κ2) is 7.29. The minimum atomic E-state index is -2.91. The number of amides is 1. The molecular weight excluding hydrogens is 380 g/mol. The molecule has 2 saturated heterocycles. The Hall–Kier alpha value is -2.26. The number of carbonyl (C=O) groups is 1. The Bertz CT molecular complexity index is 1060. The van der Waals surface area contributed by atoms with Crippen LogP contribution in [0, 0.1) is 0 Å². The molecule has 2 aliphatic rings. The highest BCUT2D eigenvalue weighted by Crippen LogP contribution is 2.20. The van der Waals surface area contributed by atoms with Crippen molar-refractivity contribution in [3.05, 3.63) is 40.9 Å². The van der Waals surface area contributed by atoms with E-state index < -0.39 is 15.9 Å². The summed E-state index contributed by atoms with van der Waals surface area (Å²) >= 11 is 0. The van der Waals surface area contributed by atoms with E-state index in [0.717, 1.165) is 0 Å². The van der Waals surface area contributed by atoms with Gasteiger partial charge in [0.2, 0.25) is 5.91 Å². The van der Waals surface area contributed by atoms with Crippen LogP contribution in [-0.4, -0.2) is 77.4 Å². The molecule has 0 unspecified atom stereocenters. The molecule has 2 atom stereocenters. The van der Waals surface area contributed by atoms with Crippen LogP contribution >= 0.6 is 0 Å². The lowest BCUT2D eigenvalue weighted by Gasteiger charge is -2.38. The molecule has 0 radical (unpaired) electrons. The molecule has 2 fully saturated rings. The number of nitrogens with zero attached hydrogens (tertiary/aromatic N) is 4. The Morgan fingerprint density at radius 1 is 1.18 bits per heavy atom. The third-order valence-electron chi connectivity index (χ3n) is 5.82. The number of benzene rings is 1. The molecule has 2 aromatic rings. The van der Waals surface area contributed by atoms with E-state index in [4.69, 9.17) is 0 Å². The Morgan fingerprint density at radius 2 is 1.89 bits per heavy atom. The van der Waals surface area contributed by atoms with E-state index >= 15 is 0 Å². The van der Waals surface area contributed by atoms with Gasteiger partial charge in [-0.15, -0.1) is 0 Å². The number of rotatable bonds is 3. The van der Waals surface area contributed by atoms with E-state index in [1.165, 1.54) is 10.9 Å². The molecule has 9 heteroatoms. The standard InChI is InChI=1S/C19H24N4O4S/c1-14(23-13-20-17-5-3-2-4-16(17)19(23)25)18(24)22-9-7-21(8-10-22)15-6-11-28(26,27)12-15/h2-5,13-15H,6-12H2,1H3/t14-,15-/m0/s1. The van der Waals surface area contributed by atoms with Crippen molar-refractivity contribution in [1.29, 1.82) is 0 Å². The molecule has 3 heterocycles. The highest BCUT2D eigenvalue weighted by atomic mass is 32.2. The molecule has 0 spiro atoms. The molecule has 0 saturated carbocycles. The predicted octanol–water partition coefficient (Wildman–Crippen LogP) is 0.289. The fourth-order valence-corrected chi connectivity index (χ4v) is 5.87. The lowest BCUT2D eigenvalue weighted by molar-refractivity contribution is -0.136. The zero-order valence-corrected chi connectivity index (χ0v) is 16.6. The summed E-state index contributed by atoms with van der Waals surface area (Å²) in [5, 5.41) is 0.497. The first kappa shape index (κ1) is 19.1. The highest BCUT2D eigenvalue weighted by Gasteiger charge is 2.35. The van der Waals surface area contributed by atoms with Gasteiger partial charge >= 0.3 is 0 Å². The summed E-state index contributed by atoms with van der Waals surface area (Å²) < 4.78 is 24.8. The summed E-state index contributed by atoms with van der Waals surface area (Å²) in [7, 11) is -2.91. The fraction of sp³-hybridized carbons (Fsp3) is 0.526. The monoisotopic (exact) mass is 404 g/mol. The fourth-order valence-electron chi connectivity index (χ4n) is 4.11. The lowest BCUT2D eigenvalue weighted by Crippen LogP contribution is -2.53. The molecule has 0 N–H and O–H groups in total. The molecule has 1 aromatic heterocycles. The quantitative estimate of drug-likeness (QED) is 0.730. The van der Waals surface area contributed by atoms with Crippen LogP contribution in [0.4, 0.5) is 0 Å². The molecular formula is C19H24N4O4S. The summed E-state index contributed by atoms with van der Waals surface area (Å²) in [6, 6.07) is 6.52. The maximum Gasteiger partial charge on any atom is 0.261 e. The molecule has 1 aromatic carbocycles. The summed E-state index contributed by atoms with van der Waals surface area (Å²) in [5.74, 6) is 0.360. The van der Waals surface area contributed by atoms with Gasteiger partial charge in [-0.05, 0) is 25.5 Å². The van der Waals surface area contributed by atoms with Gasteiger partial charge in [-0.25, -0.2) is 13.4 Å². The van der Waals surface area contributed by atoms with Crippen LogP contribution in [0.1, 0.15) is 19.4 Å². The van der Waals surface area contributed by atoms with Crippen molar-refractivity contribution in [1.82, 2.24) is 19.4 Å². The van der Waals surface area contributed by atoms with Gasteiger partial charge in [0.05, 0.1) is 28.7 Å². The van der Waals surface area contributed by atoms with E-state index in [0.29, 0.717) is 43.5 Å². The minimum Gasteiger partial charge on any atom is -0.338 e. The second-order valence-electron chi connectivity index (χ2n) is 7.57.